The molecule has 8 heteroatoms. The first-order chi connectivity index (χ1) is 12.8. The highest BCUT2D eigenvalue weighted by Crippen LogP contribution is 2.34. The fourth-order valence-corrected chi connectivity index (χ4v) is 5.43. The van der Waals surface area contributed by atoms with Crippen molar-refractivity contribution in [3.05, 3.63) is 18.2 Å². The Morgan fingerprint density at radius 1 is 1.26 bits per heavy atom. The van der Waals surface area contributed by atoms with Gasteiger partial charge in [-0.25, -0.2) is 13.1 Å². The number of thioether (sulfide) groups is 1. The first-order valence-electron chi connectivity index (χ1n) is 9.65. The van der Waals surface area contributed by atoms with Crippen LogP contribution in [0.25, 0.3) is 0 Å². The van der Waals surface area contributed by atoms with Crippen LogP contribution in [0.1, 0.15) is 33.1 Å². The van der Waals surface area contributed by atoms with Crippen molar-refractivity contribution >= 4 is 33.4 Å². The molecule has 0 aliphatic carbocycles. The van der Waals surface area contributed by atoms with Crippen LogP contribution in [0, 0.1) is 11.8 Å². The van der Waals surface area contributed by atoms with Gasteiger partial charge < -0.3 is 10.2 Å². The third-order valence-electron chi connectivity index (χ3n) is 5.28. The molecule has 6 nitrogen and oxygen atoms in total. The molecule has 1 atom stereocenters. The highest BCUT2D eigenvalue weighted by atomic mass is 32.2. The lowest BCUT2D eigenvalue weighted by Gasteiger charge is -2.30. The van der Waals surface area contributed by atoms with Crippen molar-refractivity contribution in [1.29, 1.82) is 0 Å². The van der Waals surface area contributed by atoms with Gasteiger partial charge >= 0.3 is 0 Å². The highest BCUT2D eigenvalue weighted by molar-refractivity contribution is 7.99. The molecule has 1 saturated heterocycles. The van der Waals surface area contributed by atoms with Crippen LogP contribution in [0.4, 0.5) is 5.69 Å². The first-order valence-corrected chi connectivity index (χ1v) is 12.1. The number of nitrogens with one attached hydrogen (secondary N) is 2. The molecule has 27 heavy (non-hydrogen) atoms. The molecule has 0 aromatic heterocycles. The molecule has 0 radical (unpaired) electrons. The van der Waals surface area contributed by atoms with E-state index < -0.39 is 10.0 Å². The summed E-state index contributed by atoms with van der Waals surface area (Å²) in [7, 11) is -3.58. The second kappa shape index (κ2) is 8.94. The summed E-state index contributed by atoms with van der Waals surface area (Å²) < 4.78 is 27.9. The minimum Gasteiger partial charge on any atom is -0.325 e. The second-order valence-corrected chi connectivity index (χ2v) is 10.5. The molecular weight excluding hydrogens is 382 g/mol. The summed E-state index contributed by atoms with van der Waals surface area (Å²) in [5.74, 6) is 1.32. The Morgan fingerprint density at radius 3 is 2.74 bits per heavy atom. The molecule has 0 unspecified atom stereocenters. The minimum absolute atomic E-state index is 0.0698. The Balaban J connectivity index is 1.55. The van der Waals surface area contributed by atoms with Crippen LogP contribution in [0.3, 0.4) is 0 Å². The predicted molar refractivity (Wildman–Crippen MR) is 110 cm³/mol. The molecule has 1 aromatic carbocycles. The molecule has 0 saturated carbocycles. The standard InChI is InChI=1S/C19H29N3O3S2/c1-14-6-10-22(11-7-14)9-3-8-20-27(24,25)16-4-5-18-17(12-16)21-19(23)15(2)13-26-18/h4-5,12,14-15,20H,3,6-11,13H2,1-2H3,(H,21,23)/t15-/m0/s1. The molecule has 2 N–H and O–H groups in total. The van der Waals surface area contributed by atoms with E-state index in [-0.39, 0.29) is 16.7 Å². The van der Waals surface area contributed by atoms with Crippen LogP contribution in [0.5, 0.6) is 0 Å². The van der Waals surface area contributed by atoms with Crippen molar-refractivity contribution in [2.45, 2.75) is 42.9 Å². The number of amides is 1. The zero-order valence-electron chi connectivity index (χ0n) is 16.0. The van der Waals surface area contributed by atoms with Gasteiger partial charge in [-0.15, -0.1) is 11.8 Å². The lowest BCUT2D eigenvalue weighted by Crippen LogP contribution is -2.35. The van der Waals surface area contributed by atoms with Crippen molar-refractivity contribution in [3.8, 4) is 0 Å². The Hall–Kier alpha value is -1.09. The molecule has 3 rings (SSSR count). The van der Waals surface area contributed by atoms with E-state index in [2.05, 4.69) is 21.9 Å². The average Bonchev–Trinajstić information content (AvgIpc) is 2.78. The Kier molecular flexibility index (Phi) is 6.83. The Morgan fingerprint density at radius 2 is 2.00 bits per heavy atom. The molecule has 1 amide bonds. The molecule has 2 aliphatic rings. The quantitative estimate of drug-likeness (QED) is 0.704. The van der Waals surface area contributed by atoms with Gasteiger partial charge in [0.25, 0.3) is 0 Å². The van der Waals surface area contributed by atoms with Gasteiger partial charge in [-0.2, -0.15) is 0 Å². The number of benzene rings is 1. The summed E-state index contributed by atoms with van der Waals surface area (Å²) in [5.41, 5.74) is 0.583. The summed E-state index contributed by atoms with van der Waals surface area (Å²) in [6.45, 7) is 7.71. The van der Waals surface area contributed by atoms with E-state index in [4.69, 9.17) is 0 Å². The molecule has 1 fully saturated rings. The number of nitrogens with zero attached hydrogens (tertiary/aromatic N) is 1. The van der Waals surface area contributed by atoms with E-state index in [0.29, 0.717) is 18.0 Å². The van der Waals surface area contributed by atoms with E-state index in [1.807, 2.05) is 6.92 Å². The minimum atomic E-state index is -3.58. The molecule has 2 heterocycles. The SMILES string of the molecule is CC1CCN(CCCNS(=O)(=O)c2ccc3c(c2)NC(=O)[C@@H](C)CS3)CC1. The maximum atomic E-state index is 12.6. The van der Waals surface area contributed by atoms with Crippen LogP contribution in [-0.4, -0.2) is 51.2 Å². The lowest BCUT2D eigenvalue weighted by atomic mass is 9.99. The van der Waals surface area contributed by atoms with Crippen molar-refractivity contribution in [2.24, 2.45) is 11.8 Å². The number of fused-ring (bicyclic) bond motifs is 1. The van der Waals surface area contributed by atoms with E-state index in [1.54, 1.807) is 30.0 Å². The summed E-state index contributed by atoms with van der Waals surface area (Å²) in [4.78, 5) is 15.5. The summed E-state index contributed by atoms with van der Waals surface area (Å²) in [6.07, 6.45) is 3.25. The topological polar surface area (TPSA) is 78.5 Å². The van der Waals surface area contributed by atoms with Gasteiger partial charge in [0.05, 0.1) is 10.6 Å². The summed E-state index contributed by atoms with van der Waals surface area (Å²) in [6, 6.07) is 4.96. The zero-order chi connectivity index (χ0) is 19.4. The highest BCUT2D eigenvalue weighted by Gasteiger charge is 2.23. The summed E-state index contributed by atoms with van der Waals surface area (Å²) in [5, 5.41) is 2.84. The maximum Gasteiger partial charge on any atom is 0.240 e. The van der Waals surface area contributed by atoms with E-state index in [1.165, 1.54) is 12.8 Å². The van der Waals surface area contributed by atoms with Crippen molar-refractivity contribution in [3.63, 3.8) is 0 Å². The number of rotatable bonds is 6. The van der Waals surface area contributed by atoms with Crippen molar-refractivity contribution < 1.29 is 13.2 Å². The fourth-order valence-electron chi connectivity index (χ4n) is 3.32. The number of carbonyl (C=O) groups is 1. The number of hydrogen-bond acceptors (Lipinski definition) is 5. The van der Waals surface area contributed by atoms with Crippen molar-refractivity contribution in [2.75, 3.05) is 37.2 Å². The van der Waals surface area contributed by atoms with Crippen LogP contribution >= 0.6 is 11.8 Å². The van der Waals surface area contributed by atoms with Gasteiger partial charge in [-0.1, -0.05) is 13.8 Å². The number of piperidine rings is 1. The van der Waals surface area contributed by atoms with Gasteiger partial charge in [0.15, 0.2) is 0 Å². The first kappa shape index (κ1) is 20.6. The van der Waals surface area contributed by atoms with Gasteiger partial charge in [0, 0.05) is 23.1 Å². The van der Waals surface area contributed by atoms with Crippen LogP contribution < -0.4 is 10.0 Å². The fraction of sp³-hybridized carbons (Fsp3) is 0.632. The van der Waals surface area contributed by atoms with E-state index >= 15 is 0 Å². The van der Waals surface area contributed by atoms with Gasteiger partial charge in [0.1, 0.15) is 0 Å². The largest absolute Gasteiger partial charge is 0.325 e. The number of carbonyl (C=O) groups excluding carboxylic acids is 1. The Bertz CT molecular complexity index is 774. The lowest BCUT2D eigenvalue weighted by molar-refractivity contribution is -0.118. The molecule has 1 aromatic rings. The Labute approximate surface area is 166 Å². The smallest absolute Gasteiger partial charge is 0.240 e. The molecule has 150 valence electrons. The van der Waals surface area contributed by atoms with Crippen LogP contribution in [0.15, 0.2) is 28.0 Å². The summed E-state index contributed by atoms with van der Waals surface area (Å²) >= 11 is 1.57. The number of hydrogen-bond donors (Lipinski definition) is 2. The zero-order valence-corrected chi connectivity index (χ0v) is 17.7. The number of anilines is 1. The van der Waals surface area contributed by atoms with E-state index in [9.17, 15) is 13.2 Å². The van der Waals surface area contributed by atoms with Crippen LogP contribution in [0.2, 0.25) is 0 Å². The molecular formula is C19H29N3O3S2. The number of sulfonamides is 1. The molecule has 0 spiro atoms. The predicted octanol–water partition coefficient (Wildman–Crippen LogP) is 2.77. The average molecular weight is 412 g/mol. The molecule has 2 aliphatic heterocycles. The third kappa shape index (κ3) is 5.47. The monoisotopic (exact) mass is 411 g/mol. The van der Waals surface area contributed by atoms with Crippen molar-refractivity contribution in [1.82, 2.24) is 9.62 Å². The third-order valence-corrected chi connectivity index (χ3v) is 8.07. The second-order valence-electron chi connectivity index (χ2n) is 7.63. The molecule has 0 bridgehead atoms. The van der Waals surface area contributed by atoms with E-state index in [0.717, 1.165) is 36.9 Å². The van der Waals surface area contributed by atoms with Crippen LogP contribution in [-0.2, 0) is 14.8 Å². The number of likely N-dealkylation sites (tertiary alicyclic amines) is 1. The van der Waals surface area contributed by atoms with Gasteiger partial charge in [-0.3, -0.25) is 4.79 Å². The maximum absolute atomic E-state index is 12.6. The normalized spacial score (nSPS) is 22.1. The van der Waals surface area contributed by atoms with Gasteiger partial charge in [-0.05, 0) is 63.0 Å². The van der Waals surface area contributed by atoms with Gasteiger partial charge in [0.2, 0.25) is 15.9 Å².